The summed E-state index contributed by atoms with van der Waals surface area (Å²) in [4.78, 5) is 12.3. The summed E-state index contributed by atoms with van der Waals surface area (Å²) in [5, 5.41) is 22.9. The van der Waals surface area contributed by atoms with Crippen molar-refractivity contribution in [2.45, 2.75) is 199 Å². The van der Waals surface area contributed by atoms with E-state index in [2.05, 4.69) is 55.6 Å². The Labute approximate surface area is 280 Å². The van der Waals surface area contributed by atoms with E-state index < -0.39 is 12.1 Å². The highest BCUT2D eigenvalue weighted by Crippen LogP contribution is 2.14. The number of nitrogens with one attached hydrogen (secondary N) is 1. The number of rotatable bonds is 34. The van der Waals surface area contributed by atoms with Gasteiger partial charge < -0.3 is 15.5 Å². The summed E-state index contributed by atoms with van der Waals surface area (Å²) in [5.74, 6) is -0.0774. The molecule has 0 saturated carbocycles. The van der Waals surface area contributed by atoms with E-state index in [1.807, 2.05) is 6.08 Å². The van der Waals surface area contributed by atoms with Gasteiger partial charge in [0, 0.05) is 6.42 Å². The lowest BCUT2D eigenvalue weighted by molar-refractivity contribution is -0.123. The van der Waals surface area contributed by atoms with Crippen LogP contribution in [0.15, 0.2) is 48.6 Å². The van der Waals surface area contributed by atoms with Crippen LogP contribution in [0.1, 0.15) is 187 Å². The molecule has 0 saturated heterocycles. The molecule has 0 fully saturated rings. The molecule has 0 rings (SSSR count). The number of hydrogen-bond acceptors (Lipinski definition) is 3. The molecule has 0 aromatic carbocycles. The third-order valence-corrected chi connectivity index (χ3v) is 8.55. The van der Waals surface area contributed by atoms with Crippen LogP contribution in [0.2, 0.25) is 0 Å². The van der Waals surface area contributed by atoms with Crippen LogP contribution in [0.25, 0.3) is 0 Å². The molecule has 2 unspecified atom stereocenters. The minimum atomic E-state index is -0.860. The van der Waals surface area contributed by atoms with Crippen molar-refractivity contribution >= 4 is 5.91 Å². The zero-order valence-electron chi connectivity index (χ0n) is 29.9. The second-order valence-electron chi connectivity index (χ2n) is 13.0. The maximum atomic E-state index is 12.3. The number of aliphatic hydroxyl groups excluding tert-OH is 2. The van der Waals surface area contributed by atoms with Gasteiger partial charge in [0.1, 0.15) is 0 Å². The zero-order chi connectivity index (χ0) is 32.9. The summed E-state index contributed by atoms with van der Waals surface area (Å²) in [7, 11) is 0. The summed E-state index contributed by atoms with van der Waals surface area (Å²) >= 11 is 0. The summed E-state index contributed by atoms with van der Waals surface area (Å²) < 4.78 is 0. The fraction of sp³-hybridized carbons (Fsp3) is 0.780. The van der Waals surface area contributed by atoms with Crippen molar-refractivity contribution in [3.05, 3.63) is 48.6 Å². The van der Waals surface area contributed by atoms with E-state index in [0.29, 0.717) is 6.42 Å². The van der Waals surface area contributed by atoms with Crippen molar-refractivity contribution in [3.8, 4) is 0 Å². The molecule has 4 nitrogen and oxygen atoms in total. The summed E-state index contributed by atoms with van der Waals surface area (Å²) in [5.41, 5.74) is 0. The molecule has 0 aliphatic heterocycles. The molecule has 0 aromatic heterocycles. The Morgan fingerprint density at radius 2 is 1.00 bits per heavy atom. The Morgan fingerprint density at radius 3 is 1.53 bits per heavy atom. The first-order valence-corrected chi connectivity index (χ1v) is 19.4. The molecule has 3 N–H and O–H groups in total. The van der Waals surface area contributed by atoms with Gasteiger partial charge in [-0.15, -0.1) is 0 Å². The summed E-state index contributed by atoms with van der Waals surface area (Å²) in [6.45, 7) is 4.17. The number of carbonyl (C=O) groups is 1. The normalized spacial score (nSPS) is 13.6. The number of hydrogen-bond donors (Lipinski definition) is 3. The van der Waals surface area contributed by atoms with Crippen LogP contribution in [-0.4, -0.2) is 34.9 Å². The molecular weight excluding hydrogens is 554 g/mol. The number of unbranched alkanes of at least 4 members (excludes halogenated alkanes) is 21. The minimum absolute atomic E-state index is 0.0774. The average Bonchev–Trinajstić information content (AvgIpc) is 3.04. The van der Waals surface area contributed by atoms with Crippen molar-refractivity contribution in [2.24, 2.45) is 0 Å². The third-order valence-electron chi connectivity index (χ3n) is 8.55. The Bertz CT molecular complexity index is 726. The molecule has 0 aliphatic carbocycles. The first kappa shape index (κ1) is 43.4. The van der Waals surface area contributed by atoms with Gasteiger partial charge in [-0.05, 0) is 57.8 Å². The Balaban J connectivity index is 3.59. The van der Waals surface area contributed by atoms with Crippen molar-refractivity contribution in [3.63, 3.8) is 0 Å². The second-order valence-corrected chi connectivity index (χ2v) is 13.0. The van der Waals surface area contributed by atoms with Gasteiger partial charge in [0.25, 0.3) is 0 Å². The van der Waals surface area contributed by atoms with E-state index in [1.54, 1.807) is 6.08 Å². The van der Waals surface area contributed by atoms with Crippen LogP contribution >= 0.6 is 0 Å². The molecule has 4 heteroatoms. The van der Waals surface area contributed by atoms with E-state index in [0.717, 1.165) is 44.9 Å². The molecule has 45 heavy (non-hydrogen) atoms. The molecule has 0 heterocycles. The van der Waals surface area contributed by atoms with Gasteiger partial charge >= 0.3 is 0 Å². The van der Waals surface area contributed by atoms with Crippen molar-refractivity contribution in [2.75, 3.05) is 6.61 Å². The molecular formula is C41H75NO3. The molecule has 0 spiro atoms. The quantitative estimate of drug-likeness (QED) is 0.0490. The van der Waals surface area contributed by atoms with Gasteiger partial charge in [0.05, 0.1) is 18.8 Å². The van der Waals surface area contributed by atoms with Crippen molar-refractivity contribution in [1.82, 2.24) is 5.32 Å². The number of carbonyl (C=O) groups excluding carboxylic acids is 1. The maximum absolute atomic E-state index is 12.3. The van der Waals surface area contributed by atoms with E-state index in [1.165, 1.54) is 122 Å². The predicted molar refractivity (Wildman–Crippen MR) is 198 cm³/mol. The zero-order valence-corrected chi connectivity index (χ0v) is 29.9. The van der Waals surface area contributed by atoms with Crippen LogP contribution in [-0.2, 0) is 4.79 Å². The Kier molecular flexibility index (Phi) is 35.5. The van der Waals surface area contributed by atoms with Crippen LogP contribution in [0.4, 0.5) is 0 Å². The van der Waals surface area contributed by atoms with Crippen LogP contribution in [0.5, 0.6) is 0 Å². The highest BCUT2D eigenvalue weighted by atomic mass is 16.3. The van der Waals surface area contributed by atoms with E-state index in [9.17, 15) is 15.0 Å². The molecule has 2 atom stereocenters. The number of allylic oxidation sites excluding steroid dienone is 7. The molecule has 0 aromatic rings. The van der Waals surface area contributed by atoms with Gasteiger partial charge in [0.15, 0.2) is 0 Å². The topological polar surface area (TPSA) is 69.6 Å². The summed E-state index contributed by atoms with van der Waals surface area (Å²) in [6.07, 6.45) is 49.2. The Morgan fingerprint density at radius 1 is 0.556 bits per heavy atom. The third kappa shape index (κ3) is 33.5. The van der Waals surface area contributed by atoms with Crippen LogP contribution in [0.3, 0.4) is 0 Å². The van der Waals surface area contributed by atoms with Gasteiger partial charge in [-0.25, -0.2) is 0 Å². The number of aliphatic hydroxyl groups is 2. The molecule has 0 bridgehead atoms. The van der Waals surface area contributed by atoms with E-state index >= 15 is 0 Å². The monoisotopic (exact) mass is 630 g/mol. The lowest BCUT2D eigenvalue weighted by Crippen LogP contribution is -2.45. The van der Waals surface area contributed by atoms with Gasteiger partial charge in [-0.1, -0.05) is 172 Å². The van der Waals surface area contributed by atoms with Crippen LogP contribution < -0.4 is 5.32 Å². The lowest BCUT2D eigenvalue weighted by Gasteiger charge is -2.19. The lowest BCUT2D eigenvalue weighted by atomic mass is 10.0. The van der Waals surface area contributed by atoms with E-state index in [4.69, 9.17) is 0 Å². The number of amides is 1. The SMILES string of the molecule is CC/C=C\C/C=C\CCCCCCCCCCCCCCCCC(=O)NC(CO)C(O)/C=C/CC/C=C/CCCCCCCC. The van der Waals surface area contributed by atoms with Gasteiger partial charge in [-0.2, -0.15) is 0 Å². The average molecular weight is 630 g/mol. The molecule has 0 radical (unpaired) electrons. The second kappa shape index (κ2) is 36.8. The van der Waals surface area contributed by atoms with Crippen molar-refractivity contribution < 1.29 is 15.0 Å². The van der Waals surface area contributed by atoms with Crippen LogP contribution in [0, 0.1) is 0 Å². The standard InChI is InChI=1S/C41H75NO3/c1-3-5-7-9-11-13-15-17-18-19-20-21-22-23-24-25-27-29-31-33-35-37-41(45)42-39(38-43)40(44)36-34-32-30-28-26-16-14-12-10-8-6-4-2/h5,7,11,13,26,28,34,36,39-40,43-44H,3-4,6,8-10,12,14-25,27,29-33,35,37-38H2,1-2H3,(H,42,45)/b7-5-,13-11-,28-26+,36-34+. The van der Waals surface area contributed by atoms with Crippen molar-refractivity contribution in [1.29, 1.82) is 0 Å². The Hall–Kier alpha value is -1.65. The fourth-order valence-electron chi connectivity index (χ4n) is 5.58. The predicted octanol–water partition coefficient (Wildman–Crippen LogP) is 11.6. The summed E-state index contributed by atoms with van der Waals surface area (Å²) in [6, 6.07) is -0.637. The highest BCUT2D eigenvalue weighted by molar-refractivity contribution is 5.76. The van der Waals surface area contributed by atoms with Gasteiger partial charge in [0.2, 0.25) is 5.91 Å². The molecule has 0 aliphatic rings. The first-order chi connectivity index (χ1) is 22.2. The minimum Gasteiger partial charge on any atom is -0.394 e. The maximum Gasteiger partial charge on any atom is 0.220 e. The molecule has 1 amide bonds. The smallest absolute Gasteiger partial charge is 0.220 e. The van der Waals surface area contributed by atoms with E-state index in [-0.39, 0.29) is 12.5 Å². The largest absolute Gasteiger partial charge is 0.394 e. The highest BCUT2D eigenvalue weighted by Gasteiger charge is 2.17. The van der Waals surface area contributed by atoms with Gasteiger partial charge in [-0.3, -0.25) is 4.79 Å². The molecule has 262 valence electrons. The first-order valence-electron chi connectivity index (χ1n) is 19.4. The fourth-order valence-corrected chi connectivity index (χ4v) is 5.58.